The van der Waals surface area contributed by atoms with Gasteiger partial charge in [0.05, 0.1) is 11.4 Å². The minimum atomic E-state index is -1.71. The lowest BCUT2D eigenvalue weighted by Gasteiger charge is -2.31. The van der Waals surface area contributed by atoms with E-state index in [0.29, 0.717) is 11.6 Å². The zero-order valence-corrected chi connectivity index (χ0v) is 24.1. The Kier molecular flexibility index (Phi) is 7.03. The fraction of sp³-hybridized carbons (Fsp3) is 0.290. The third kappa shape index (κ3) is 5.62. The van der Waals surface area contributed by atoms with Crippen LogP contribution in [0.25, 0.3) is 22.4 Å². The number of pyridine rings is 2. The monoisotopic (exact) mass is 508 g/mol. The second kappa shape index (κ2) is 9.91. The number of hydrogen-bond donors (Lipinski definition) is 1. The minimum Gasteiger partial charge on any atom is -0.439 e. The van der Waals surface area contributed by atoms with E-state index in [9.17, 15) is 0 Å². The molecule has 190 valence electrons. The van der Waals surface area contributed by atoms with E-state index in [2.05, 4.69) is 67.9 Å². The van der Waals surface area contributed by atoms with Crippen LogP contribution in [0.4, 0.5) is 5.69 Å². The smallest absolute Gasteiger partial charge is 0.219 e. The fourth-order valence-electron chi connectivity index (χ4n) is 3.94. The van der Waals surface area contributed by atoms with Gasteiger partial charge in [-0.3, -0.25) is 0 Å². The van der Waals surface area contributed by atoms with Gasteiger partial charge in [-0.15, -0.1) is 5.54 Å². The summed E-state index contributed by atoms with van der Waals surface area (Å²) < 4.78 is 8.00. The maximum Gasteiger partial charge on any atom is 0.219 e. The van der Waals surface area contributed by atoms with Gasteiger partial charge in [-0.1, -0.05) is 58.0 Å². The SMILES string of the molecule is Cc1cccc(Oc2ccc(-c3c(N)cn(C)c3-c3cnc(C#C[Si](C)(C)C(C)(C)C)cc3C)cc2)n1. The van der Waals surface area contributed by atoms with Gasteiger partial charge in [0.1, 0.15) is 19.5 Å². The Morgan fingerprint density at radius 3 is 2.35 bits per heavy atom. The highest BCUT2D eigenvalue weighted by molar-refractivity contribution is 6.87. The van der Waals surface area contributed by atoms with Crippen molar-refractivity contribution < 1.29 is 4.74 Å². The zero-order chi connectivity index (χ0) is 27.0. The van der Waals surface area contributed by atoms with Crippen LogP contribution in [0, 0.1) is 25.3 Å². The van der Waals surface area contributed by atoms with Gasteiger partial charge in [-0.25, -0.2) is 9.97 Å². The normalized spacial score (nSPS) is 11.7. The molecule has 0 aliphatic carbocycles. The summed E-state index contributed by atoms with van der Waals surface area (Å²) in [7, 11) is 0.305. The third-order valence-electron chi connectivity index (χ3n) is 7.18. The molecule has 1 aromatic carbocycles. The molecule has 0 unspecified atom stereocenters. The van der Waals surface area contributed by atoms with Crippen molar-refractivity contribution in [3.63, 3.8) is 0 Å². The van der Waals surface area contributed by atoms with E-state index < -0.39 is 8.07 Å². The van der Waals surface area contributed by atoms with E-state index in [0.717, 1.165) is 45.1 Å². The van der Waals surface area contributed by atoms with Crippen LogP contribution in [0.5, 0.6) is 11.6 Å². The molecule has 0 bridgehead atoms. The van der Waals surface area contributed by atoms with Crippen molar-refractivity contribution in [2.24, 2.45) is 7.05 Å². The summed E-state index contributed by atoms with van der Waals surface area (Å²) in [5.41, 5.74) is 17.7. The molecule has 0 spiro atoms. The highest BCUT2D eigenvalue weighted by atomic mass is 28.3. The van der Waals surface area contributed by atoms with E-state index in [1.165, 1.54) is 0 Å². The molecule has 0 fully saturated rings. The first-order valence-corrected chi connectivity index (χ1v) is 15.5. The molecule has 0 atom stereocenters. The Morgan fingerprint density at radius 2 is 1.73 bits per heavy atom. The highest BCUT2D eigenvalue weighted by Gasteiger charge is 2.33. The van der Waals surface area contributed by atoms with Gasteiger partial charge >= 0.3 is 0 Å². The summed E-state index contributed by atoms with van der Waals surface area (Å²) in [4.78, 5) is 9.14. The zero-order valence-electron chi connectivity index (χ0n) is 23.1. The minimum absolute atomic E-state index is 0.210. The molecule has 0 amide bonds. The third-order valence-corrected chi connectivity index (χ3v) is 11.7. The molecule has 6 heteroatoms. The Bertz CT molecular complexity index is 1500. The summed E-state index contributed by atoms with van der Waals surface area (Å²) in [6.07, 6.45) is 3.88. The molecule has 0 saturated carbocycles. The average Bonchev–Trinajstić information content (AvgIpc) is 3.11. The lowest BCUT2D eigenvalue weighted by Crippen LogP contribution is -2.35. The van der Waals surface area contributed by atoms with Crippen molar-refractivity contribution >= 4 is 13.8 Å². The first kappa shape index (κ1) is 26.2. The molecule has 2 N–H and O–H groups in total. The number of nitrogens with zero attached hydrogens (tertiary/aromatic N) is 3. The number of benzene rings is 1. The average molecular weight is 509 g/mol. The Labute approximate surface area is 221 Å². The van der Waals surface area contributed by atoms with Gasteiger partial charge in [0.2, 0.25) is 5.88 Å². The van der Waals surface area contributed by atoms with Gasteiger partial charge in [-0.2, -0.15) is 0 Å². The second-order valence-electron chi connectivity index (χ2n) is 11.2. The molecule has 5 nitrogen and oxygen atoms in total. The molecule has 37 heavy (non-hydrogen) atoms. The van der Waals surface area contributed by atoms with Crippen molar-refractivity contribution in [3.05, 3.63) is 77.9 Å². The number of ether oxygens (including phenoxy) is 1. The van der Waals surface area contributed by atoms with Crippen molar-refractivity contribution in [2.75, 3.05) is 5.73 Å². The molecule has 3 heterocycles. The largest absolute Gasteiger partial charge is 0.439 e. The van der Waals surface area contributed by atoms with E-state index >= 15 is 0 Å². The lowest BCUT2D eigenvalue weighted by atomic mass is 9.98. The van der Waals surface area contributed by atoms with Gasteiger partial charge in [0, 0.05) is 42.3 Å². The van der Waals surface area contributed by atoms with Crippen LogP contribution in [-0.4, -0.2) is 22.6 Å². The summed E-state index contributed by atoms with van der Waals surface area (Å²) in [6.45, 7) is 15.5. The molecular formula is C31H36N4OSi. The Morgan fingerprint density at radius 1 is 1.03 bits per heavy atom. The lowest BCUT2D eigenvalue weighted by molar-refractivity contribution is 0.462. The summed E-state index contributed by atoms with van der Waals surface area (Å²) in [5.74, 6) is 4.65. The number of aromatic nitrogens is 3. The van der Waals surface area contributed by atoms with Crippen LogP contribution in [-0.2, 0) is 7.05 Å². The first-order valence-electron chi connectivity index (χ1n) is 12.5. The van der Waals surface area contributed by atoms with Gasteiger partial charge in [0.15, 0.2) is 0 Å². The van der Waals surface area contributed by atoms with Crippen LogP contribution in [0.3, 0.4) is 0 Å². The second-order valence-corrected chi connectivity index (χ2v) is 16.2. The number of rotatable bonds is 4. The quantitative estimate of drug-likeness (QED) is 0.228. The van der Waals surface area contributed by atoms with Gasteiger partial charge < -0.3 is 15.0 Å². The molecule has 3 aromatic heterocycles. The molecule has 0 aliphatic heterocycles. The topological polar surface area (TPSA) is 66.0 Å². The summed E-state index contributed by atoms with van der Waals surface area (Å²) >= 11 is 0. The van der Waals surface area contributed by atoms with Crippen LogP contribution in [0.15, 0.2) is 60.9 Å². The molecule has 0 radical (unpaired) electrons. The standard InChI is InChI=1S/C31H36N4OSi/c1-21-18-24(16-17-37(7,8)31(3,4)5)33-19-26(21)30-29(27(32)20-35(30)6)23-12-14-25(15-13-23)36-28-11-9-10-22(2)34-28/h9-15,18-20H,32H2,1-8H3. The van der Waals surface area contributed by atoms with E-state index in [4.69, 9.17) is 15.5 Å². The van der Waals surface area contributed by atoms with Crippen LogP contribution in [0.1, 0.15) is 37.7 Å². The predicted molar refractivity (Wildman–Crippen MR) is 156 cm³/mol. The summed E-state index contributed by atoms with van der Waals surface area (Å²) in [6, 6.07) is 15.8. The van der Waals surface area contributed by atoms with Crippen molar-refractivity contribution in [2.45, 2.75) is 52.8 Å². The number of nitrogen functional groups attached to an aromatic ring is 1. The number of nitrogens with two attached hydrogens (primary N) is 1. The fourth-order valence-corrected chi connectivity index (χ4v) is 4.76. The van der Waals surface area contributed by atoms with Crippen LogP contribution < -0.4 is 10.5 Å². The maximum absolute atomic E-state index is 6.51. The number of aryl methyl sites for hydroxylation is 3. The predicted octanol–water partition coefficient (Wildman–Crippen LogP) is 7.54. The van der Waals surface area contributed by atoms with Crippen LogP contribution >= 0.6 is 0 Å². The van der Waals surface area contributed by atoms with E-state index in [1.807, 2.05) is 68.8 Å². The van der Waals surface area contributed by atoms with E-state index in [1.54, 1.807) is 0 Å². The number of hydrogen-bond acceptors (Lipinski definition) is 4. The highest BCUT2D eigenvalue weighted by Crippen LogP contribution is 2.40. The van der Waals surface area contributed by atoms with Crippen molar-refractivity contribution in [1.29, 1.82) is 0 Å². The van der Waals surface area contributed by atoms with Crippen molar-refractivity contribution in [1.82, 2.24) is 14.5 Å². The summed E-state index contributed by atoms with van der Waals surface area (Å²) in [5, 5.41) is 0.210. The molecule has 4 rings (SSSR count). The maximum atomic E-state index is 6.51. The van der Waals surface area contributed by atoms with Crippen LogP contribution in [0.2, 0.25) is 18.1 Å². The van der Waals surface area contributed by atoms with Gasteiger partial charge in [-0.05, 0) is 54.3 Å². The van der Waals surface area contributed by atoms with E-state index in [-0.39, 0.29) is 5.04 Å². The Balaban J connectivity index is 1.67. The first-order chi connectivity index (χ1) is 17.4. The molecule has 4 aromatic rings. The molecule has 0 saturated heterocycles. The van der Waals surface area contributed by atoms with Crippen molar-refractivity contribution in [3.8, 4) is 45.5 Å². The Hall–Kier alpha value is -3.82. The molecular weight excluding hydrogens is 472 g/mol. The molecule has 0 aliphatic rings. The number of anilines is 1. The van der Waals surface area contributed by atoms with Gasteiger partial charge in [0.25, 0.3) is 0 Å².